The molecule has 2 atom stereocenters. The third kappa shape index (κ3) is 6.37. The Labute approximate surface area is 178 Å². The molecule has 0 bridgehead atoms. The second kappa shape index (κ2) is 9.36. The summed E-state index contributed by atoms with van der Waals surface area (Å²) in [6.45, 7) is 10.4. The summed E-state index contributed by atoms with van der Waals surface area (Å²) in [7, 11) is 0. The van der Waals surface area contributed by atoms with E-state index in [1.807, 2.05) is 13.8 Å². The van der Waals surface area contributed by atoms with Gasteiger partial charge in [0.2, 0.25) is 11.8 Å². The number of carbonyl (C=O) groups excluding carboxylic acids is 3. The number of aromatic hydroxyl groups is 1. The molecule has 1 aliphatic rings. The van der Waals surface area contributed by atoms with E-state index in [4.69, 9.17) is 4.74 Å². The second-order valence-electron chi connectivity index (χ2n) is 8.97. The molecule has 2 rings (SSSR count). The van der Waals surface area contributed by atoms with E-state index >= 15 is 0 Å². The second-order valence-corrected chi connectivity index (χ2v) is 8.97. The number of benzene rings is 1. The first-order valence-electron chi connectivity index (χ1n) is 10.3. The fourth-order valence-electron chi connectivity index (χ4n) is 3.14. The van der Waals surface area contributed by atoms with Gasteiger partial charge < -0.3 is 25.4 Å². The van der Waals surface area contributed by atoms with Crippen molar-refractivity contribution in [2.24, 2.45) is 0 Å². The molecule has 0 aliphatic heterocycles. The van der Waals surface area contributed by atoms with Crippen LogP contribution in [0.25, 0.3) is 0 Å². The lowest BCUT2D eigenvalue weighted by Crippen LogP contribution is -2.53. The summed E-state index contributed by atoms with van der Waals surface area (Å²) in [6, 6.07) is 4.31. The molecule has 0 aromatic heterocycles. The molecule has 166 valence electrons. The van der Waals surface area contributed by atoms with Crippen LogP contribution in [-0.2, 0) is 14.3 Å². The maximum Gasteiger partial charge on any atom is 0.408 e. The van der Waals surface area contributed by atoms with E-state index in [9.17, 15) is 19.5 Å². The number of nitrogens with zero attached hydrogens (tertiary/aromatic N) is 1. The Morgan fingerprint density at radius 2 is 1.70 bits per heavy atom. The predicted molar refractivity (Wildman–Crippen MR) is 113 cm³/mol. The largest absolute Gasteiger partial charge is 0.508 e. The molecule has 8 nitrogen and oxygen atoms in total. The minimum Gasteiger partial charge on any atom is -0.508 e. The molecule has 30 heavy (non-hydrogen) atoms. The number of amides is 3. The van der Waals surface area contributed by atoms with Crippen molar-refractivity contribution in [3.8, 4) is 5.75 Å². The van der Waals surface area contributed by atoms with Crippen molar-refractivity contribution in [3.63, 3.8) is 0 Å². The van der Waals surface area contributed by atoms with Gasteiger partial charge in [-0.05, 0) is 60.5 Å². The summed E-state index contributed by atoms with van der Waals surface area (Å²) < 4.78 is 5.24. The topological polar surface area (TPSA) is 108 Å². The molecule has 2 unspecified atom stereocenters. The van der Waals surface area contributed by atoms with Crippen molar-refractivity contribution in [2.45, 2.75) is 84.2 Å². The zero-order valence-corrected chi connectivity index (χ0v) is 18.6. The Balaban J connectivity index is 2.33. The number of para-hydroxylation sites is 1. The Morgan fingerprint density at radius 1 is 1.10 bits per heavy atom. The molecule has 1 saturated carbocycles. The smallest absolute Gasteiger partial charge is 0.408 e. The van der Waals surface area contributed by atoms with Gasteiger partial charge in [-0.1, -0.05) is 18.2 Å². The molecule has 0 spiro atoms. The fraction of sp³-hybridized carbons (Fsp3) is 0.591. The molecule has 0 radical (unpaired) electrons. The first-order chi connectivity index (χ1) is 13.9. The van der Waals surface area contributed by atoms with Crippen LogP contribution in [0.15, 0.2) is 24.3 Å². The van der Waals surface area contributed by atoms with Gasteiger partial charge >= 0.3 is 6.09 Å². The Bertz CT molecular complexity index is 783. The number of alkyl carbamates (subject to hydrolysis) is 1. The monoisotopic (exact) mass is 419 g/mol. The van der Waals surface area contributed by atoms with Crippen LogP contribution in [0.5, 0.6) is 5.75 Å². The highest BCUT2D eigenvalue weighted by Gasteiger charge is 2.44. The highest BCUT2D eigenvalue weighted by atomic mass is 16.6. The van der Waals surface area contributed by atoms with Gasteiger partial charge in [0.25, 0.3) is 0 Å². The van der Waals surface area contributed by atoms with E-state index in [2.05, 4.69) is 10.6 Å². The van der Waals surface area contributed by atoms with Crippen molar-refractivity contribution in [2.75, 3.05) is 0 Å². The van der Waals surface area contributed by atoms with E-state index in [-0.39, 0.29) is 23.7 Å². The Hall–Kier alpha value is -2.77. The van der Waals surface area contributed by atoms with Crippen LogP contribution in [0.1, 0.15) is 66.0 Å². The maximum absolute atomic E-state index is 13.3. The van der Waals surface area contributed by atoms with Crippen molar-refractivity contribution < 1.29 is 24.2 Å². The number of phenolic OH excluding ortho intramolecular Hbond substituents is 1. The van der Waals surface area contributed by atoms with Gasteiger partial charge in [0, 0.05) is 17.6 Å². The third-order valence-corrected chi connectivity index (χ3v) is 4.49. The molecular formula is C22H33N3O5. The Morgan fingerprint density at radius 3 is 2.20 bits per heavy atom. The lowest BCUT2D eigenvalue weighted by Gasteiger charge is -2.34. The summed E-state index contributed by atoms with van der Waals surface area (Å²) in [5, 5.41) is 15.8. The Kier molecular flexibility index (Phi) is 7.34. The first-order valence-corrected chi connectivity index (χ1v) is 10.3. The number of phenols is 1. The van der Waals surface area contributed by atoms with Crippen molar-refractivity contribution >= 4 is 17.9 Å². The number of carbonyl (C=O) groups is 3. The highest BCUT2D eigenvalue weighted by molar-refractivity contribution is 5.92. The lowest BCUT2D eigenvalue weighted by molar-refractivity contribution is -0.143. The maximum atomic E-state index is 13.3. The van der Waals surface area contributed by atoms with Crippen LogP contribution in [0.4, 0.5) is 4.79 Å². The average Bonchev–Trinajstić information content (AvgIpc) is 3.42. The van der Waals surface area contributed by atoms with Gasteiger partial charge in [-0.15, -0.1) is 0 Å². The van der Waals surface area contributed by atoms with Gasteiger partial charge in [-0.25, -0.2) is 4.79 Å². The zero-order chi connectivity index (χ0) is 22.6. The molecule has 3 amide bonds. The molecular weight excluding hydrogens is 386 g/mol. The highest BCUT2D eigenvalue weighted by Crippen LogP contribution is 2.38. The number of nitrogens with one attached hydrogen (secondary N) is 2. The van der Waals surface area contributed by atoms with Crippen LogP contribution in [0.3, 0.4) is 0 Å². The van der Waals surface area contributed by atoms with Crippen molar-refractivity contribution in [1.29, 1.82) is 0 Å². The van der Waals surface area contributed by atoms with Crippen LogP contribution in [0.2, 0.25) is 0 Å². The molecule has 1 aromatic carbocycles. The third-order valence-electron chi connectivity index (χ3n) is 4.49. The average molecular weight is 420 g/mol. The van der Waals surface area contributed by atoms with E-state index in [0.717, 1.165) is 12.8 Å². The van der Waals surface area contributed by atoms with Gasteiger partial charge in [0.05, 0.1) is 0 Å². The first kappa shape index (κ1) is 23.5. The van der Waals surface area contributed by atoms with Crippen molar-refractivity contribution in [3.05, 3.63) is 29.8 Å². The summed E-state index contributed by atoms with van der Waals surface area (Å²) in [4.78, 5) is 40.0. The number of ether oxygens (including phenoxy) is 1. The zero-order valence-electron chi connectivity index (χ0n) is 18.6. The number of hydrogen-bond donors (Lipinski definition) is 3. The van der Waals surface area contributed by atoms with Crippen LogP contribution in [-0.4, -0.2) is 51.6 Å². The summed E-state index contributed by atoms with van der Waals surface area (Å²) in [5.74, 6) is -0.848. The van der Waals surface area contributed by atoms with Gasteiger partial charge in [0.15, 0.2) is 0 Å². The van der Waals surface area contributed by atoms with Crippen molar-refractivity contribution in [1.82, 2.24) is 15.5 Å². The van der Waals surface area contributed by atoms with E-state index < -0.39 is 29.7 Å². The summed E-state index contributed by atoms with van der Waals surface area (Å²) in [6.07, 6.45) is 0.804. The number of rotatable bonds is 7. The minimum absolute atomic E-state index is 0.0624. The normalized spacial score (nSPS) is 15.8. The SMILES string of the molecule is CC(C)NC(=O)C(c1ccccc1O)N(C(=O)C(C)NC(=O)OC(C)(C)C)C1CC1. The molecule has 8 heteroatoms. The predicted octanol–water partition coefficient (Wildman–Crippen LogP) is 2.86. The fourth-order valence-corrected chi connectivity index (χ4v) is 3.14. The van der Waals surface area contributed by atoms with Gasteiger partial charge in [-0.2, -0.15) is 0 Å². The molecule has 3 N–H and O–H groups in total. The van der Waals surface area contributed by atoms with Crippen LogP contribution < -0.4 is 10.6 Å². The van der Waals surface area contributed by atoms with Gasteiger partial charge in [-0.3, -0.25) is 9.59 Å². The molecule has 0 saturated heterocycles. The molecule has 1 aliphatic carbocycles. The van der Waals surface area contributed by atoms with Crippen LogP contribution >= 0.6 is 0 Å². The number of hydrogen-bond acceptors (Lipinski definition) is 5. The van der Waals surface area contributed by atoms with E-state index in [0.29, 0.717) is 5.56 Å². The van der Waals surface area contributed by atoms with Crippen LogP contribution in [0, 0.1) is 0 Å². The minimum atomic E-state index is -1.00. The quantitative estimate of drug-likeness (QED) is 0.630. The lowest BCUT2D eigenvalue weighted by atomic mass is 10.0. The molecule has 1 fully saturated rings. The standard InChI is InChI=1S/C22H33N3O5/c1-13(2)23-19(27)18(16-9-7-8-10-17(16)26)25(15-11-12-15)20(28)14(3)24-21(29)30-22(4,5)6/h7-10,13-15,18,26H,11-12H2,1-6H3,(H,23,27)(H,24,29). The molecule has 1 aromatic rings. The summed E-state index contributed by atoms with van der Waals surface area (Å²) >= 11 is 0. The van der Waals surface area contributed by atoms with E-state index in [1.165, 1.54) is 11.0 Å². The summed E-state index contributed by atoms with van der Waals surface area (Å²) in [5.41, 5.74) is -0.348. The van der Waals surface area contributed by atoms with E-state index in [1.54, 1.807) is 45.9 Å². The molecule has 0 heterocycles. The van der Waals surface area contributed by atoms with Gasteiger partial charge in [0.1, 0.15) is 23.4 Å².